The summed E-state index contributed by atoms with van der Waals surface area (Å²) in [5, 5.41) is 0. The third-order valence-corrected chi connectivity index (χ3v) is 7.04. The van der Waals surface area contributed by atoms with E-state index in [1.807, 2.05) is 19.1 Å². The normalized spacial score (nSPS) is 17.9. The highest BCUT2D eigenvalue weighted by atomic mass is 32.2. The number of aryl methyl sites for hydroxylation is 2. The molecule has 3 aromatic rings. The SMILES string of the molecule is Cc1ccc(S(=O)(=O)NC2(OC(=O)C(=O)c3ccccc3)CCCc3ccccc32)cc1. The Kier molecular flexibility index (Phi) is 5.95. The molecule has 1 N–H and O–H groups in total. The van der Waals surface area contributed by atoms with Crippen molar-refractivity contribution >= 4 is 21.8 Å². The molecular weight excluding hydrogens is 426 g/mol. The van der Waals surface area contributed by atoms with Crippen LogP contribution in [0.2, 0.25) is 0 Å². The van der Waals surface area contributed by atoms with E-state index in [9.17, 15) is 18.0 Å². The molecule has 0 amide bonds. The van der Waals surface area contributed by atoms with Gasteiger partial charge in [-0.3, -0.25) is 4.79 Å². The molecule has 0 bridgehead atoms. The van der Waals surface area contributed by atoms with E-state index in [2.05, 4.69) is 4.72 Å². The molecular formula is C25H23NO5S. The Morgan fingerprint density at radius 1 is 0.906 bits per heavy atom. The number of ether oxygens (including phenoxy) is 1. The molecule has 0 aliphatic heterocycles. The molecule has 0 aromatic heterocycles. The van der Waals surface area contributed by atoms with Gasteiger partial charge in [0, 0.05) is 17.5 Å². The van der Waals surface area contributed by atoms with E-state index in [-0.39, 0.29) is 16.9 Å². The summed E-state index contributed by atoms with van der Waals surface area (Å²) in [6.07, 6.45) is 1.51. The molecule has 7 heteroatoms. The maximum atomic E-state index is 13.3. The van der Waals surface area contributed by atoms with E-state index in [1.165, 1.54) is 24.3 Å². The van der Waals surface area contributed by atoms with Crippen molar-refractivity contribution < 1.29 is 22.7 Å². The Bertz CT molecular complexity index is 1250. The third kappa shape index (κ3) is 4.35. The van der Waals surface area contributed by atoms with E-state index in [1.54, 1.807) is 42.5 Å². The highest BCUT2D eigenvalue weighted by molar-refractivity contribution is 7.89. The van der Waals surface area contributed by atoms with Crippen molar-refractivity contribution in [1.29, 1.82) is 0 Å². The summed E-state index contributed by atoms with van der Waals surface area (Å²) >= 11 is 0. The minimum atomic E-state index is -4.05. The molecule has 1 atom stereocenters. The number of carbonyl (C=O) groups is 2. The number of carbonyl (C=O) groups excluding carboxylic acids is 2. The van der Waals surface area contributed by atoms with Gasteiger partial charge in [0.1, 0.15) is 0 Å². The standard InChI is InChI=1S/C25H23NO5S/c1-18-13-15-21(16-14-18)32(29,30)26-25(17-7-11-19-8-5-6-12-22(19)25)31-24(28)23(27)20-9-3-2-4-10-20/h2-6,8-10,12-16,26H,7,11,17H2,1H3. The van der Waals surface area contributed by atoms with Crippen molar-refractivity contribution in [3.05, 3.63) is 101 Å². The molecule has 3 aromatic carbocycles. The quantitative estimate of drug-likeness (QED) is 0.267. The van der Waals surface area contributed by atoms with Crippen molar-refractivity contribution in [2.24, 2.45) is 0 Å². The third-order valence-electron chi connectivity index (χ3n) is 5.55. The van der Waals surface area contributed by atoms with Crippen LogP contribution < -0.4 is 4.72 Å². The second-order valence-corrected chi connectivity index (χ2v) is 9.52. The highest BCUT2D eigenvalue weighted by Crippen LogP contribution is 2.38. The van der Waals surface area contributed by atoms with E-state index in [4.69, 9.17) is 4.74 Å². The molecule has 1 aliphatic carbocycles. The number of hydrogen-bond acceptors (Lipinski definition) is 5. The number of rotatable bonds is 6. The summed E-state index contributed by atoms with van der Waals surface area (Å²) in [6, 6.07) is 21.6. The number of fused-ring (bicyclic) bond motifs is 1. The van der Waals surface area contributed by atoms with Gasteiger partial charge < -0.3 is 4.74 Å². The average molecular weight is 450 g/mol. The van der Waals surface area contributed by atoms with E-state index >= 15 is 0 Å². The van der Waals surface area contributed by atoms with Crippen LogP contribution in [0.1, 0.15) is 39.9 Å². The second kappa shape index (κ2) is 8.68. The van der Waals surface area contributed by atoms with Crippen molar-refractivity contribution in [3.8, 4) is 0 Å². The number of Topliss-reactive ketones (excluding diaryl/α,β-unsaturated/α-hetero) is 1. The van der Waals surface area contributed by atoms with Crippen LogP contribution in [0.3, 0.4) is 0 Å². The number of hydrogen-bond donors (Lipinski definition) is 1. The van der Waals surface area contributed by atoms with Gasteiger partial charge in [0.2, 0.25) is 15.7 Å². The van der Waals surface area contributed by atoms with E-state index < -0.39 is 27.5 Å². The average Bonchev–Trinajstić information content (AvgIpc) is 2.79. The maximum Gasteiger partial charge on any atom is 0.381 e. The lowest BCUT2D eigenvalue weighted by Crippen LogP contribution is -2.51. The van der Waals surface area contributed by atoms with Crippen LogP contribution >= 0.6 is 0 Å². The lowest BCUT2D eigenvalue weighted by atomic mass is 9.85. The van der Waals surface area contributed by atoms with Crippen molar-refractivity contribution in [2.45, 2.75) is 36.8 Å². The Morgan fingerprint density at radius 3 is 2.28 bits per heavy atom. The first-order valence-corrected chi connectivity index (χ1v) is 11.8. The number of ketones is 1. The Morgan fingerprint density at radius 2 is 1.56 bits per heavy atom. The highest BCUT2D eigenvalue weighted by Gasteiger charge is 2.45. The Balaban J connectivity index is 1.74. The summed E-state index contributed by atoms with van der Waals surface area (Å²) in [7, 11) is -4.05. The molecule has 0 saturated heterocycles. The molecule has 0 spiro atoms. The van der Waals surface area contributed by atoms with Crippen LogP contribution in [0.5, 0.6) is 0 Å². The van der Waals surface area contributed by atoms with Crippen molar-refractivity contribution in [3.63, 3.8) is 0 Å². The first kappa shape index (κ1) is 21.9. The van der Waals surface area contributed by atoms with Gasteiger partial charge in [-0.2, -0.15) is 4.72 Å². The Hall–Kier alpha value is -3.29. The summed E-state index contributed by atoms with van der Waals surface area (Å²) < 4.78 is 34.9. The lowest BCUT2D eigenvalue weighted by molar-refractivity contribution is -0.158. The fourth-order valence-corrected chi connectivity index (χ4v) is 5.23. The fraction of sp³-hybridized carbons (Fsp3) is 0.200. The minimum absolute atomic E-state index is 0.0518. The second-order valence-electron chi connectivity index (χ2n) is 7.84. The fourth-order valence-electron chi connectivity index (χ4n) is 3.93. The number of sulfonamides is 1. The summed E-state index contributed by atoms with van der Waals surface area (Å²) in [4.78, 5) is 25.6. The molecule has 1 aliphatic rings. The van der Waals surface area contributed by atoms with E-state index in [0.717, 1.165) is 11.1 Å². The first-order valence-electron chi connectivity index (χ1n) is 10.3. The van der Waals surface area contributed by atoms with Gasteiger partial charge in [-0.1, -0.05) is 72.3 Å². The molecule has 0 radical (unpaired) electrons. The smallest absolute Gasteiger partial charge is 0.381 e. The molecule has 32 heavy (non-hydrogen) atoms. The zero-order chi connectivity index (χ0) is 22.8. The van der Waals surface area contributed by atoms with Crippen LogP contribution in [0.4, 0.5) is 0 Å². The Labute approximate surface area is 187 Å². The van der Waals surface area contributed by atoms with E-state index in [0.29, 0.717) is 18.4 Å². The topological polar surface area (TPSA) is 89.5 Å². The van der Waals surface area contributed by atoms with Gasteiger partial charge in [-0.15, -0.1) is 0 Å². The zero-order valence-corrected chi connectivity index (χ0v) is 18.4. The van der Waals surface area contributed by atoms with Crippen LogP contribution in [-0.4, -0.2) is 20.2 Å². The zero-order valence-electron chi connectivity index (χ0n) is 17.6. The van der Waals surface area contributed by atoms with Crippen molar-refractivity contribution in [1.82, 2.24) is 4.72 Å². The van der Waals surface area contributed by atoms with Crippen LogP contribution in [-0.2, 0) is 31.7 Å². The summed E-state index contributed by atoms with van der Waals surface area (Å²) in [6.45, 7) is 1.86. The number of benzene rings is 3. The lowest BCUT2D eigenvalue weighted by Gasteiger charge is -2.38. The van der Waals surface area contributed by atoms with Crippen LogP contribution in [0, 0.1) is 6.92 Å². The van der Waals surface area contributed by atoms with Gasteiger partial charge in [0.25, 0.3) is 5.78 Å². The summed E-state index contributed by atoms with van der Waals surface area (Å²) in [5.74, 6) is -1.94. The van der Waals surface area contributed by atoms with Gasteiger partial charge in [-0.25, -0.2) is 13.2 Å². The molecule has 1 unspecified atom stereocenters. The first-order chi connectivity index (χ1) is 15.3. The molecule has 0 saturated carbocycles. The number of nitrogens with one attached hydrogen (secondary N) is 1. The molecule has 164 valence electrons. The number of esters is 1. The predicted molar refractivity (Wildman–Crippen MR) is 119 cm³/mol. The van der Waals surface area contributed by atoms with Gasteiger partial charge in [0.05, 0.1) is 4.90 Å². The largest absolute Gasteiger partial charge is 0.433 e. The molecule has 6 nitrogen and oxygen atoms in total. The van der Waals surface area contributed by atoms with Crippen molar-refractivity contribution in [2.75, 3.05) is 0 Å². The summed E-state index contributed by atoms with van der Waals surface area (Å²) in [5.41, 5.74) is 0.821. The van der Waals surface area contributed by atoms with Gasteiger partial charge in [0.15, 0.2) is 0 Å². The van der Waals surface area contributed by atoms with Crippen LogP contribution in [0.25, 0.3) is 0 Å². The molecule has 0 heterocycles. The van der Waals surface area contributed by atoms with Crippen LogP contribution in [0.15, 0.2) is 83.8 Å². The monoisotopic (exact) mass is 449 g/mol. The predicted octanol–water partition coefficient (Wildman–Crippen LogP) is 3.89. The molecule has 4 rings (SSSR count). The maximum absolute atomic E-state index is 13.3. The van der Waals surface area contributed by atoms with Gasteiger partial charge >= 0.3 is 5.97 Å². The molecule has 0 fully saturated rings. The van der Waals surface area contributed by atoms with Gasteiger partial charge in [-0.05, 0) is 37.5 Å². The minimum Gasteiger partial charge on any atom is -0.433 e.